The molecule has 2 aromatic carbocycles. The number of rotatable bonds is 12. The van der Waals surface area contributed by atoms with Crippen LogP contribution in [0.15, 0.2) is 54.6 Å². The zero-order valence-electron chi connectivity index (χ0n) is 24.1. The molecule has 41 heavy (non-hydrogen) atoms. The minimum atomic E-state index is -0.757. The second-order valence-corrected chi connectivity index (χ2v) is 13.5. The van der Waals surface area contributed by atoms with Crippen molar-refractivity contribution in [1.29, 1.82) is 0 Å². The summed E-state index contributed by atoms with van der Waals surface area (Å²) in [5, 5.41) is 16.7. The van der Waals surface area contributed by atoms with Crippen LogP contribution in [0.25, 0.3) is 0 Å². The Kier molecular flexibility index (Phi) is 8.66. The van der Waals surface area contributed by atoms with Crippen LogP contribution in [0.1, 0.15) is 52.0 Å². The van der Waals surface area contributed by atoms with E-state index in [1.54, 1.807) is 28.8 Å². The highest BCUT2D eigenvalue weighted by atomic mass is 32.2. The van der Waals surface area contributed by atoms with Crippen LogP contribution < -0.4 is 15.4 Å². The van der Waals surface area contributed by atoms with Crippen molar-refractivity contribution >= 4 is 35.2 Å². The molecular formula is C32H41N3O5S. The fraction of sp³-hybridized carbons (Fsp3) is 0.531. The Morgan fingerprint density at radius 3 is 2.49 bits per heavy atom. The molecule has 3 saturated heterocycles. The highest BCUT2D eigenvalue weighted by molar-refractivity contribution is 8.02. The second-order valence-electron chi connectivity index (χ2n) is 11.6. The Bertz CT molecular complexity index is 1260. The number of likely N-dealkylation sites (tertiary alicyclic amines) is 1. The number of anilines is 1. The number of thioether (sulfide) groups is 1. The van der Waals surface area contributed by atoms with Gasteiger partial charge in [0.2, 0.25) is 17.7 Å². The fourth-order valence-corrected chi connectivity index (χ4v) is 9.44. The number of hydrogen-bond donors (Lipinski definition) is 3. The first-order valence-electron chi connectivity index (χ1n) is 14.8. The van der Waals surface area contributed by atoms with E-state index >= 15 is 0 Å². The van der Waals surface area contributed by atoms with Gasteiger partial charge in [0, 0.05) is 17.0 Å². The summed E-state index contributed by atoms with van der Waals surface area (Å²) in [6, 6.07) is 15.6. The lowest BCUT2D eigenvalue weighted by Gasteiger charge is -2.37. The van der Waals surface area contributed by atoms with E-state index in [1.165, 1.54) is 0 Å². The molecule has 0 aromatic heterocycles. The number of carbonyl (C=O) groups excluding carboxylic acids is 3. The molecule has 6 atom stereocenters. The molecule has 0 saturated carbocycles. The maximum atomic E-state index is 14.5. The van der Waals surface area contributed by atoms with E-state index in [0.717, 1.165) is 30.6 Å². The quantitative estimate of drug-likeness (QED) is 0.328. The number of aliphatic hydroxyl groups excluding tert-OH is 1. The third kappa shape index (κ3) is 5.34. The molecule has 1 spiro atoms. The zero-order valence-corrected chi connectivity index (χ0v) is 24.9. The van der Waals surface area contributed by atoms with Crippen LogP contribution in [0.2, 0.25) is 0 Å². The van der Waals surface area contributed by atoms with E-state index in [4.69, 9.17) is 4.74 Å². The number of nitrogens with zero attached hydrogens (tertiary/aromatic N) is 1. The molecule has 3 aliphatic heterocycles. The van der Waals surface area contributed by atoms with E-state index in [0.29, 0.717) is 31.7 Å². The molecule has 3 aliphatic rings. The summed E-state index contributed by atoms with van der Waals surface area (Å²) in [5.74, 6) is -1.14. The van der Waals surface area contributed by atoms with Gasteiger partial charge in [0.1, 0.15) is 11.8 Å². The molecule has 2 bridgehead atoms. The van der Waals surface area contributed by atoms with Gasteiger partial charge in [-0.2, -0.15) is 0 Å². The standard InChI is InChI=1S/C32H41N3O5S/c1-4-6-18-33-29(38)27-32-17-16-31(3,41-32)25(28(37)34-22-12-14-24(15-13-22)40-5-2)26(32)30(39)35(27)23(20-36)19-21-10-8-7-9-11-21/h7-15,23,25-27,36H,4-6,16-20H2,1-3H3,(H,33,38)(H,34,37)/t23-,25+,26+,27?,31-,32?/m1/s1. The Hall–Kier alpha value is -3.04. The van der Waals surface area contributed by atoms with Crippen LogP contribution >= 0.6 is 11.8 Å². The highest BCUT2D eigenvalue weighted by Crippen LogP contribution is 2.71. The Morgan fingerprint density at radius 2 is 1.83 bits per heavy atom. The van der Waals surface area contributed by atoms with Gasteiger partial charge in [-0.3, -0.25) is 14.4 Å². The first-order chi connectivity index (χ1) is 19.8. The van der Waals surface area contributed by atoms with Crippen molar-refractivity contribution in [2.75, 3.05) is 25.1 Å². The Labute approximate surface area is 246 Å². The molecule has 3 N–H and O–H groups in total. The minimum absolute atomic E-state index is 0.190. The predicted octanol–water partition coefficient (Wildman–Crippen LogP) is 4.03. The molecule has 5 rings (SSSR count). The molecule has 9 heteroatoms. The van der Waals surface area contributed by atoms with E-state index in [9.17, 15) is 19.5 Å². The lowest BCUT2D eigenvalue weighted by atomic mass is 9.66. The molecule has 220 valence electrons. The number of hydrogen-bond acceptors (Lipinski definition) is 6. The molecule has 3 fully saturated rings. The molecule has 0 radical (unpaired) electrons. The van der Waals surface area contributed by atoms with Crippen LogP contribution in [0.5, 0.6) is 5.75 Å². The van der Waals surface area contributed by atoms with Crippen LogP contribution in [-0.2, 0) is 20.8 Å². The van der Waals surface area contributed by atoms with Crippen molar-refractivity contribution in [2.45, 2.75) is 74.5 Å². The monoisotopic (exact) mass is 579 g/mol. The summed E-state index contributed by atoms with van der Waals surface area (Å²) >= 11 is 1.64. The van der Waals surface area contributed by atoms with Crippen molar-refractivity contribution < 1.29 is 24.2 Å². The van der Waals surface area contributed by atoms with E-state index in [1.807, 2.05) is 49.4 Å². The summed E-state index contributed by atoms with van der Waals surface area (Å²) < 4.78 is 4.32. The third-order valence-corrected chi connectivity index (χ3v) is 10.9. The normalized spacial score (nSPS) is 28.8. The minimum Gasteiger partial charge on any atom is -0.494 e. The van der Waals surface area contributed by atoms with Crippen molar-refractivity contribution in [3.63, 3.8) is 0 Å². The number of ether oxygens (including phenoxy) is 1. The van der Waals surface area contributed by atoms with Crippen LogP contribution in [0.4, 0.5) is 5.69 Å². The van der Waals surface area contributed by atoms with Gasteiger partial charge in [-0.1, -0.05) is 43.7 Å². The number of fused-ring (bicyclic) bond motifs is 1. The first-order valence-corrected chi connectivity index (χ1v) is 15.6. The molecular weight excluding hydrogens is 538 g/mol. The Balaban J connectivity index is 1.48. The Morgan fingerprint density at radius 1 is 1.10 bits per heavy atom. The van der Waals surface area contributed by atoms with Gasteiger partial charge in [0.25, 0.3) is 0 Å². The van der Waals surface area contributed by atoms with Gasteiger partial charge in [-0.25, -0.2) is 0 Å². The number of amides is 3. The van der Waals surface area contributed by atoms with Crippen molar-refractivity contribution in [3.05, 3.63) is 60.2 Å². The molecule has 8 nitrogen and oxygen atoms in total. The van der Waals surface area contributed by atoms with Gasteiger partial charge >= 0.3 is 0 Å². The first kappa shape index (κ1) is 29.5. The molecule has 3 amide bonds. The van der Waals surface area contributed by atoms with Gasteiger partial charge in [0.05, 0.1) is 35.8 Å². The lowest BCUT2D eigenvalue weighted by molar-refractivity contribution is -0.142. The fourth-order valence-electron chi connectivity index (χ4n) is 7.10. The average Bonchev–Trinajstić information content (AvgIpc) is 3.54. The highest BCUT2D eigenvalue weighted by Gasteiger charge is 2.77. The maximum absolute atomic E-state index is 14.5. The van der Waals surface area contributed by atoms with E-state index in [2.05, 4.69) is 24.5 Å². The van der Waals surface area contributed by atoms with E-state index in [-0.39, 0.29) is 24.3 Å². The van der Waals surface area contributed by atoms with Crippen LogP contribution in [0.3, 0.4) is 0 Å². The summed E-state index contributed by atoms with van der Waals surface area (Å²) in [5.41, 5.74) is 1.62. The lowest BCUT2D eigenvalue weighted by Crippen LogP contribution is -2.57. The van der Waals surface area contributed by atoms with Crippen LogP contribution in [0, 0.1) is 11.8 Å². The van der Waals surface area contributed by atoms with Crippen LogP contribution in [-0.4, -0.2) is 69.1 Å². The maximum Gasteiger partial charge on any atom is 0.244 e. The number of aliphatic hydroxyl groups is 1. The smallest absolute Gasteiger partial charge is 0.244 e. The zero-order chi connectivity index (χ0) is 29.2. The third-order valence-electron chi connectivity index (χ3n) is 8.93. The van der Waals surface area contributed by atoms with Gasteiger partial charge in [-0.15, -0.1) is 11.8 Å². The molecule has 2 aromatic rings. The molecule has 0 aliphatic carbocycles. The van der Waals surface area contributed by atoms with E-state index < -0.39 is 33.4 Å². The summed E-state index contributed by atoms with van der Waals surface area (Å²) in [6.07, 6.45) is 3.61. The SMILES string of the molecule is CCCCNC(=O)C1N([C@@H](CO)Cc2ccccc2)C(=O)[C@@H]2[C@@H](C(=O)Nc3ccc(OCC)cc3)[C@@]3(C)CCC12S3. The largest absolute Gasteiger partial charge is 0.494 e. The summed E-state index contributed by atoms with van der Waals surface area (Å²) in [4.78, 5) is 44.0. The number of unbranched alkanes of at least 4 members (excludes halogenated alkanes) is 1. The van der Waals surface area contributed by atoms with Gasteiger partial charge < -0.3 is 25.4 Å². The average molecular weight is 580 g/mol. The summed E-state index contributed by atoms with van der Waals surface area (Å²) in [7, 11) is 0. The van der Waals surface area contributed by atoms with Gasteiger partial charge in [-0.05, 0) is 69.4 Å². The molecule has 3 heterocycles. The predicted molar refractivity (Wildman–Crippen MR) is 161 cm³/mol. The van der Waals surface area contributed by atoms with Gasteiger partial charge in [0.15, 0.2) is 0 Å². The number of benzene rings is 2. The topological polar surface area (TPSA) is 108 Å². The van der Waals surface area contributed by atoms with Crippen molar-refractivity contribution in [3.8, 4) is 5.75 Å². The second kappa shape index (κ2) is 12.1. The van der Waals surface area contributed by atoms with Crippen molar-refractivity contribution in [1.82, 2.24) is 10.2 Å². The number of carbonyl (C=O) groups is 3. The van der Waals surface area contributed by atoms with Crippen molar-refractivity contribution in [2.24, 2.45) is 11.8 Å². The molecule has 2 unspecified atom stereocenters. The summed E-state index contributed by atoms with van der Waals surface area (Å²) in [6.45, 7) is 6.85. The number of nitrogens with one attached hydrogen (secondary N) is 2.